The summed E-state index contributed by atoms with van der Waals surface area (Å²) in [6.07, 6.45) is 8.49. The summed E-state index contributed by atoms with van der Waals surface area (Å²) in [5.41, 5.74) is 4.92. The second kappa shape index (κ2) is 11.6. The average molecular weight is 601 g/mol. The molecule has 222 valence electrons. The van der Waals surface area contributed by atoms with Crippen molar-refractivity contribution in [2.45, 2.75) is 50.5 Å². The van der Waals surface area contributed by atoms with Gasteiger partial charge in [0.15, 0.2) is 6.10 Å². The van der Waals surface area contributed by atoms with Gasteiger partial charge in [-0.2, -0.15) is 0 Å². The first kappa shape index (κ1) is 27.9. The summed E-state index contributed by atoms with van der Waals surface area (Å²) >= 11 is 6.15. The van der Waals surface area contributed by atoms with Gasteiger partial charge < -0.3 is 23.9 Å². The molecule has 43 heavy (non-hydrogen) atoms. The van der Waals surface area contributed by atoms with Gasteiger partial charge in [0.25, 0.3) is 0 Å². The Balaban J connectivity index is 1.08. The Morgan fingerprint density at radius 1 is 1.16 bits per heavy atom. The number of carboxylic acids is 1. The van der Waals surface area contributed by atoms with Crippen molar-refractivity contribution in [3.63, 3.8) is 0 Å². The lowest BCUT2D eigenvalue weighted by Crippen LogP contribution is -2.35. The van der Waals surface area contributed by atoms with E-state index in [9.17, 15) is 9.90 Å². The summed E-state index contributed by atoms with van der Waals surface area (Å²) in [6.45, 7) is 3.99. The zero-order valence-corrected chi connectivity index (χ0v) is 24.7. The molecule has 1 N–H and O–H groups in total. The normalized spacial score (nSPS) is 20.4. The van der Waals surface area contributed by atoms with Crippen LogP contribution in [0.25, 0.3) is 17.1 Å². The molecule has 2 unspecified atom stereocenters. The van der Waals surface area contributed by atoms with Crippen LogP contribution in [0, 0.1) is 0 Å². The standard InChI is InChI=1S/C33H33ClN4O5/c1-41-29-16-23(34)17-35-31(29)28-8-6-21-3-2-4-25(32(21)43-28)20-9-12-37(13-10-20)19-30-36-26-7-5-22(33(39)40)15-27(26)38(30)18-24-11-14-42-24/h2-8,15-17,20,24,28H,9-14,18-19H2,1H3,(H,39,40). The van der Waals surface area contributed by atoms with Crippen LogP contribution in [-0.4, -0.2) is 63.4 Å². The third-order valence-electron chi connectivity index (χ3n) is 8.76. The lowest BCUT2D eigenvalue weighted by Gasteiger charge is -2.34. The third kappa shape index (κ3) is 5.48. The number of likely N-dealkylation sites (tertiary alicyclic amines) is 1. The number of aromatic carboxylic acids is 1. The predicted octanol–water partition coefficient (Wildman–Crippen LogP) is 6.11. The van der Waals surface area contributed by atoms with E-state index in [1.54, 1.807) is 31.5 Å². The monoisotopic (exact) mass is 600 g/mol. The number of aromatic nitrogens is 3. The molecule has 0 amide bonds. The number of imidazole rings is 1. The van der Waals surface area contributed by atoms with E-state index in [0.717, 1.165) is 67.1 Å². The molecule has 0 spiro atoms. The first-order valence-corrected chi connectivity index (χ1v) is 15.1. The van der Waals surface area contributed by atoms with E-state index in [4.69, 9.17) is 30.8 Å². The molecule has 0 saturated carbocycles. The average Bonchev–Trinajstić information content (AvgIpc) is 3.34. The fourth-order valence-corrected chi connectivity index (χ4v) is 6.49. The number of methoxy groups -OCH3 is 1. The second-order valence-electron chi connectivity index (χ2n) is 11.4. The Morgan fingerprint density at radius 2 is 2.00 bits per heavy atom. The highest BCUT2D eigenvalue weighted by molar-refractivity contribution is 6.30. The Bertz CT molecular complexity index is 1710. The fourth-order valence-electron chi connectivity index (χ4n) is 6.34. The smallest absolute Gasteiger partial charge is 0.335 e. The number of hydrogen-bond donors (Lipinski definition) is 1. The van der Waals surface area contributed by atoms with Gasteiger partial charge >= 0.3 is 5.97 Å². The number of benzene rings is 2. The highest BCUT2D eigenvalue weighted by Gasteiger charge is 2.30. The number of fused-ring (bicyclic) bond motifs is 2. The molecule has 0 bridgehead atoms. The molecule has 0 aliphatic carbocycles. The second-order valence-corrected chi connectivity index (χ2v) is 11.8. The van der Waals surface area contributed by atoms with E-state index < -0.39 is 5.97 Å². The Labute approximate surface area is 254 Å². The van der Waals surface area contributed by atoms with Crippen molar-refractivity contribution in [2.75, 3.05) is 26.8 Å². The predicted molar refractivity (Wildman–Crippen MR) is 163 cm³/mol. The van der Waals surface area contributed by atoms with E-state index in [2.05, 4.69) is 38.7 Å². The molecule has 2 aromatic heterocycles. The number of piperidine rings is 1. The van der Waals surface area contributed by atoms with Crippen molar-refractivity contribution in [1.82, 2.24) is 19.4 Å². The van der Waals surface area contributed by atoms with Crippen LogP contribution in [0.4, 0.5) is 0 Å². The first-order valence-electron chi connectivity index (χ1n) is 14.7. The topological polar surface area (TPSA) is 98.9 Å². The van der Waals surface area contributed by atoms with Gasteiger partial charge in [0, 0.05) is 24.4 Å². The van der Waals surface area contributed by atoms with Crippen LogP contribution in [0.1, 0.15) is 64.3 Å². The van der Waals surface area contributed by atoms with Gasteiger partial charge in [0.05, 0.1) is 47.9 Å². The van der Waals surface area contributed by atoms with Gasteiger partial charge in [-0.15, -0.1) is 0 Å². The zero-order valence-electron chi connectivity index (χ0n) is 23.9. The Hall–Kier alpha value is -3.92. The van der Waals surface area contributed by atoms with Gasteiger partial charge in [0.1, 0.15) is 23.0 Å². The van der Waals surface area contributed by atoms with Crippen LogP contribution in [0.3, 0.4) is 0 Å². The maximum atomic E-state index is 11.6. The molecule has 4 aromatic rings. The summed E-state index contributed by atoms with van der Waals surface area (Å²) in [4.78, 5) is 23.5. The molecule has 3 aliphatic rings. The molecule has 2 saturated heterocycles. The number of halogens is 1. The Kier molecular flexibility index (Phi) is 7.55. The molecule has 7 rings (SSSR count). The highest BCUT2D eigenvalue weighted by Crippen LogP contribution is 2.43. The maximum Gasteiger partial charge on any atom is 0.335 e. The minimum Gasteiger partial charge on any atom is -0.495 e. The van der Waals surface area contributed by atoms with Crippen LogP contribution in [0.15, 0.2) is 54.7 Å². The van der Waals surface area contributed by atoms with E-state index in [1.165, 1.54) is 5.56 Å². The summed E-state index contributed by atoms with van der Waals surface area (Å²) in [5.74, 6) is 1.88. The number of carbonyl (C=O) groups is 1. The number of ether oxygens (including phenoxy) is 3. The van der Waals surface area contributed by atoms with Crippen LogP contribution in [-0.2, 0) is 17.8 Å². The molecule has 9 nitrogen and oxygen atoms in total. The van der Waals surface area contributed by atoms with Gasteiger partial charge in [-0.1, -0.05) is 35.9 Å². The summed E-state index contributed by atoms with van der Waals surface area (Å²) in [5, 5.41) is 10.1. The minimum absolute atomic E-state index is 0.139. The fraction of sp³-hybridized carbons (Fsp3) is 0.364. The third-order valence-corrected chi connectivity index (χ3v) is 8.96. The molecule has 10 heteroatoms. The SMILES string of the molecule is COc1cc(Cl)cnc1C1C=Cc2cccc(C3CCN(Cc4nc5ccc(C(=O)O)cc5n4CC4CCO4)CC3)c2O1. The molecule has 2 atom stereocenters. The first-order chi connectivity index (χ1) is 21.0. The molecular formula is C33H33ClN4O5. The lowest BCUT2D eigenvalue weighted by molar-refractivity contribution is -0.0592. The van der Waals surface area contributed by atoms with E-state index in [1.807, 2.05) is 12.1 Å². The van der Waals surface area contributed by atoms with E-state index in [-0.39, 0.29) is 17.8 Å². The lowest BCUT2D eigenvalue weighted by atomic mass is 9.87. The zero-order chi connectivity index (χ0) is 29.5. The van der Waals surface area contributed by atoms with Crippen LogP contribution < -0.4 is 9.47 Å². The number of hydrogen-bond acceptors (Lipinski definition) is 7. The van der Waals surface area contributed by atoms with Crippen molar-refractivity contribution in [3.8, 4) is 11.5 Å². The quantitative estimate of drug-likeness (QED) is 0.259. The van der Waals surface area contributed by atoms with Crippen LogP contribution in [0.5, 0.6) is 11.5 Å². The van der Waals surface area contributed by atoms with Crippen molar-refractivity contribution in [1.29, 1.82) is 0 Å². The molecule has 3 aliphatic heterocycles. The largest absolute Gasteiger partial charge is 0.495 e. The number of nitrogens with zero attached hydrogens (tertiary/aromatic N) is 4. The molecule has 5 heterocycles. The molecule has 2 fully saturated rings. The summed E-state index contributed by atoms with van der Waals surface area (Å²) in [7, 11) is 1.61. The number of carboxylic acid groups (broad SMARTS) is 1. The molecule has 0 radical (unpaired) electrons. The van der Waals surface area contributed by atoms with Gasteiger partial charge in [-0.05, 0) is 68.1 Å². The van der Waals surface area contributed by atoms with Crippen molar-refractivity contribution < 1.29 is 24.1 Å². The van der Waals surface area contributed by atoms with Crippen molar-refractivity contribution in [3.05, 3.63) is 88.0 Å². The van der Waals surface area contributed by atoms with Crippen molar-refractivity contribution in [2.24, 2.45) is 0 Å². The number of rotatable bonds is 8. The highest BCUT2D eigenvalue weighted by atomic mass is 35.5. The van der Waals surface area contributed by atoms with E-state index >= 15 is 0 Å². The number of para-hydroxylation sites is 1. The van der Waals surface area contributed by atoms with Crippen LogP contribution >= 0.6 is 11.6 Å². The van der Waals surface area contributed by atoms with Gasteiger partial charge in [0.2, 0.25) is 0 Å². The molecular weight excluding hydrogens is 568 g/mol. The van der Waals surface area contributed by atoms with Crippen molar-refractivity contribution >= 4 is 34.7 Å². The van der Waals surface area contributed by atoms with Crippen LogP contribution in [0.2, 0.25) is 5.02 Å². The summed E-state index contributed by atoms with van der Waals surface area (Å²) < 4.78 is 20.0. The maximum absolute atomic E-state index is 11.6. The van der Waals surface area contributed by atoms with E-state index in [0.29, 0.717) is 35.5 Å². The minimum atomic E-state index is -0.935. The Morgan fingerprint density at radius 3 is 2.74 bits per heavy atom. The number of pyridine rings is 1. The van der Waals surface area contributed by atoms with Gasteiger partial charge in [-0.25, -0.2) is 9.78 Å². The molecule has 2 aromatic carbocycles. The van der Waals surface area contributed by atoms with Gasteiger partial charge in [-0.3, -0.25) is 9.88 Å². The summed E-state index contributed by atoms with van der Waals surface area (Å²) in [6, 6.07) is 13.3.